The van der Waals surface area contributed by atoms with E-state index in [4.69, 9.17) is 17.3 Å². The fraction of sp³-hybridized carbons (Fsp3) is 0.625. The number of hydrogen-bond acceptors (Lipinski definition) is 1. The van der Waals surface area contributed by atoms with E-state index in [9.17, 15) is 4.79 Å². The van der Waals surface area contributed by atoms with Crippen LogP contribution in [0.25, 0.3) is 0 Å². The standard InChI is InChI=1S/C8H12ClNO/c1-5(9)6-3-2-4-7(6)8(10)11/h5H,2-4H2,1H3,(H2,10,11). The van der Waals surface area contributed by atoms with Gasteiger partial charge in [-0.25, -0.2) is 0 Å². The van der Waals surface area contributed by atoms with Crippen LogP contribution in [-0.4, -0.2) is 11.3 Å². The Morgan fingerprint density at radius 2 is 2.27 bits per heavy atom. The summed E-state index contributed by atoms with van der Waals surface area (Å²) in [5.74, 6) is -0.301. The number of alkyl halides is 1. The summed E-state index contributed by atoms with van der Waals surface area (Å²) in [7, 11) is 0. The van der Waals surface area contributed by atoms with Crippen LogP contribution in [0.4, 0.5) is 0 Å². The van der Waals surface area contributed by atoms with Gasteiger partial charge in [-0.3, -0.25) is 4.79 Å². The first-order chi connectivity index (χ1) is 5.13. The van der Waals surface area contributed by atoms with Crippen molar-refractivity contribution in [3.05, 3.63) is 11.1 Å². The van der Waals surface area contributed by atoms with Crippen LogP contribution in [0.2, 0.25) is 0 Å². The second-order valence-electron chi connectivity index (χ2n) is 2.84. The summed E-state index contributed by atoms with van der Waals surface area (Å²) in [5.41, 5.74) is 6.97. The lowest BCUT2D eigenvalue weighted by atomic mass is 10.1. The second kappa shape index (κ2) is 3.26. The SMILES string of the molecule is CC(Cl)C1=C(C(N)=O)CCC1. The molecule has 1 aliphatic carbocycles. The van der Waals surface area contributed by atoms with E-state index in [1.807, 2.05) is 6.92 Å². The number of halogens is 1. The quantitative estimate of drug-likeness (QED) is 0.633. The van der Waals surface area contributed by atoms with Gasteiger partial charge in [-0.05, 0) is 31.8 Å². The molecule has 0 saturated carbocycles. The Hall–Kier alpha value is -0.500. The summed E-state index contributed by atoms with van der Waals surface area (Å²) < 4.78 is 0. The third-order valence-electron chi connectivity index (χ3n) is 2.04. The van der Waals surface area contributed by atoms with Gasteiger partial charge in [-0.2, -0.15) is 0 Å². The zero-order valence-electron chi connectivity index (χ0n) is 6.56. The number of rotatable bonds is 2. The fourth-order valence-electron chi connectivity index (χ4n) is 1.49. The van der Waals surface area contributed by atoms with Crippen molar-refractivity contribution in [2.24, 2.45) is 5.73 Å². The molecule has 0 aromatic carbocycles. The highest BCUT2D eigenvalue weighted by Crippen LogP contribution is 2.30. The molecule has 1 unspecified atom stereocenters. The van der Waals surface area contributed by atoms with Gasteiger partial charge in [0.05, 0.1) is 5.38 Å². The van der Waals surface area contributed by atoms with E-state index in [0.717, 1.165) is 30.4 Å². The number of hydrogen-bond donors (Lipinski definition) is 1. The van der Waals surface area contributed by atoms with Crippen molar-refractivity contribution in [2.45, 2.75) is 31.6 Å². The average molecular weight is 174 g/mol. The molecule has 11 heavy (non-hydrogen) atoms. The first kappa shape index (κ1) is 8.60. The molecule has 1 aliphatic rings. The Morgan fingerprint density at radius 3 is 2.64 bits per heavy atom. The molecule has 2 N–H and O–H groups in total. The molecule has 0 aromatic heterocycles. The van der Waals surface area contributed by atoms with Crippen molar-refractivity contribution in [3.63, 3.8) is 0 Å². The van der Waals surface area contributed by atoms with Crippen molar-refractivity contribution in [2.75, 3.05) is 0 Å². The second-order valence-corrected chi connectivity index (χ2v) is 3.49. The topological polar surface area (TPSA) is 43.1 Å². The molecule has 0 heterocycles. The first-order valence-electron chi connectivity index (χ1n) is 3.78. The summed E-state index contributed by atoms with van der Waals surface area (Å²) in [6.45, 7) is 1.88. The zero-order valence-corrected chi connectivity index (χ0v) is 7.32. The van der Waals surface area contributed by atoms with Gasteiger partial charge in [0.1, 0.15) is 0 Å². The highest BCUT2D eigenvalue weighted by Gasteiger charge is 2.21. The monoisotopic (exact) mass is 173 g/mol. The number of allylic oxidation sites excluding steroid dienone is 1. The summed E-state index contributed by atoms with van der Waals surface area (Å²) in [5, 5.41) is -0.0417. The summed E-state index contributed by atoms with van der Waals surface area (Å²) in [6.07, 6.45) is 2.76. The van der Waals surface area contributed by atoms with Crippen LogP contribution in [0.3, 0.4) is 0 Å². The van der Waals surface area contributed by atoms with Crippen molar-refractivity contribution >= 4 is 17.5 Å². The fourth-order valence-corrected chi connectivity index (χ4v) is 1.73. The Labute approximate surface area is 71.4 Å². The van der Waals surface area contributed by atoms with Crippen LogP contribution in [-0.2, 0) is 4.79 Å². The molecule has 1 atom stereocenters. The largest absolute Gasteiger partial charge is 0.366 e. The summed E-state index contributed by atoms with van der Waals surface area (Å²) in [6, 6.07) is 0. The molecule has 2 nitrogen and oxygen atoms in total. The molecule has 0 spiro atoms. The number of carbonyl (C=O) groups is 1. The molecule has 1 rings (SSSR count). The lowest BCUT2D eigenvalue weighted by Gasteiger charge is -2.05. The number of nitrogens with two attached hydrogens (primary N) is 1. The molecule has 62 valence electrons. The predicted molar refractivity (Wildman–Crippen MR) is 45.4 cm³/mol. The smallest absolute Gasteiger partial charge is 0.244 e. The van der Waals surface area contributed by atoms with E-state index in [1.54, 1.807) is 0 Å². The van der Waals surface area contributed by atoms with E-state index in [2.05, 4.69) is 0 Å². The van der Waals surface area contributed by atoms with Gasteiger partial charge < -0.3 is 5.73 Å². The van der Waals surface area contributed by atoms with Crippen LogP contribution in [0.5, 0.6) is 0 Å². The third-order valence-corrected chi connectivity index (χ3v) is 2.30. The minimum atomic E-state index is -0.301. The third kappa shape index (κ3) is 1.74. The first-order valence-corrected chi connectivity index (χ1v) is 4.22. The Bertz CT molecular complexity index is 208. The van der Waals surface area contributed by atoms with Gasteiger partial charge in [0, 0.05) is 5.57 Å². The molecule has 3 heteroatoms. The minimum Gasteiger partial charge on any atom is -0.366 e. The van der Waals surface area contributed by atoms with Crippen molar-refractivity contribution in [1.82, 2.24) is 0 Å². The van der Waals surface area contributed by atoms with Crippen LogP contribution >= 0.6 is 11.6 Å². The average Bonchev–Trinajstić information content (AvgIpc) is 2.32. The maximum atomic E-state index is 10.8. The van der Waals surface area contributed by atoms with Gasteiger partial charge in [0.2, 0.25) is 5.91 Å². The Morgan fingerprint density at radius 1 is 1.64 bits per heavy atom. The molecule has 0 radical (unpaired) electrons. The molecular formula is C8H12ClNO. The molecular weight excluding hydrogens is 162 g/mol. The molecule has 0 saturated heterocycles. The molecule has 0 bridgehead atoms. The van der Waals surface area contributed by atoms with E-state index >= 15 is 0 Å². The van der Waals surface area contributed by atoms with Crippen LogP contribution in [0.1, 0.15) is 26.2 Å². The van der Waals surface area contributed by atoms with E-state index in [1.165, 1.54) is 0 Å². The lowest BCUT2D eigenvalue weighted by molar-refractivity contribution is -0.114. The Balaban J connectivity index is 2.86. The van der Waals surface area contributed by atoms with Gasteiger partial charge in [-0.1, -0.05) is 0 Å². The van der Waals surface area contributed by atoms with Gasteiger partial charge in [-0.15, -0.1) is 11.6 Å². The maximum Gasteiger partial charge on any atom is 0.244 e. The van der Waals surface area contributed by atoms with Crippen molar-refractivity contribution < 1.29 is 4.79 Å². The highest BCUT2D eigenvalue weighted by atomic mass is 35.5. The highest BCUT2D eigenvalue weighted by molar-refractivity contribution is 6.22. The molecule has 0 fully saturated rings. The zero-order chi connectivity index (χ0) is 8.43. The Kier molecular flexibility index (Phi) is 2.55. The minimum absolute atomic E-state index is 0.0417. The summed E-state index contributed by atoms with van der Waals surface area (Å²) >= 11 is 5.86. The number of amides is 1. The lowest BCUT2D eigenvalue weighted by Crippen LogP contribution is -2.15. The van der Waals surface area contributed by atoms with Crippen LogP contribution in [0, 0.1) is 0 Å². The maximum absolute atomic E-state index is 10.8. The predicted octanol–water partition coefficient (Wildman–Crippen LogP) is 1.58. The van der Waals surface area contributed by atoms with Gasteiger partial charge in [0.15, 0.2) is 0 Å². The van der Waals surface area contributed by atoms with Crippen molar-refractivity contribution in [3.8, 4) is 0 Å². The van der Waals surface area contributed by atoms with Gasteiger partial charge >= 0.3 is 0 Å². The van der Waals surface area contributed by atoms with E-state index < -0.39 is 0 Å². The van der Waals surface area contributed by atoms with E-state index in [-0.39, 0.29) is 11.3 Å². The molecule has 1 amide bonds. The van der Waals surface area contributed by atoms with Crippen LogP contribution in [0.15, 0.2) is 11.1 Å². The summed E-state index contributed by atoms with van der Waals surface area (Å²) in [4.78, 5) is 10.8. The van der Waals surface area contributed by atoms with Gasteiger partial charge in [0.25, 0.3) is 0 Å². The number of carbonyl (C=O) groups excluding carboxylic acids is 1. The van der Waals surface area contributed by atoms with Crippen molar-refractivity contribution in [1.29, 1.82) is 0 Å². The normalized spacial score (nSPS) is 20.5. The molecule has 0 aliphatic heterocycles. The van der Waals surface area contributed by atoms with Crippen LogP contribution < -0.4 is 5.73 Å². The molecule has 0 aromatic rings. The number of primary amides is 1. The van der Waals surface area contributed by atoms with E-state index in [0.29, 0.717) is 0 Å².